The number of carbonyl (C=O) groups is 1. The van der Waals surface area contributed by atoms with Gasteiger partial charge in [0.05, 0.1) is 12.1 Å². The predicted octanol–water partition coefficient (Wildman–Crippen LogP) is 2.04. The summed E-state index contributed by atoms with van der Waals surface area (Å²) < 4.78 is 5.47. The highest BCUT2D eigenvalue weighted by Crippen LogP contribution is 2.22. The van der Waals surface area contributed by atoms with E-state index >= 15 is 0 Å². The highest BCUT2D eigenvalue weighted by atomic mass is 16.3. The Morgan fingerprint density at radius 2 is 2.37 bits per heavy atom. The Balaban J connectivity index is 2.02. The number of hydrogen-bond donors (Lipinski definition) is 2. The van der Waals surface area contributed by atoms with Gasteiger partial charge in [-0.2, -0.15) is 0 Å². The summed E-state index contributed by atoms with van der Waals surface area (Å²) in [5.41, 5.74) is 2.60. The Morgan fingerprint density at radius 3 is 3.11 bits per heavy atom. The van der Waals surface area contributed by atoms with Crippen LogP contribution in [-0.2, 0) is 6.54 Å². The third-order valence-electron chi connectivity index (χ3n) is 3.88. The number of nitrogens with zero attached hydrogens (tertiary/aromatic N) is 1. The largest absolute Gasteiger partial charge is 0.467 e. The molecule has 0 aliphatic carbocycles. The first kappa shape index (κ1) is 14.1. The fraction of sp³-hybridized carbons (Fsp3) is 0.643. The lowest BCUT2D eigenvalue weighted by Gasteiger charge is -2.28. The van der Waals surface area contributed by atoms with Crippen LogP contribution in [0.5, 0.6) is 0 Å². The third kappa shape index (κ3) is 3.58. The first-order valence-corrected chi connectivity index (χ1v) is 7.07. The van der Waals surface area contributed by atoms with E-state index in [1.165, 1.54) is 31.9 Å². The Morgan fingerprint density at radius 1 is 1.53 bits per heavy atom. The zero-order valence-electron chi connectivity index (χ0n) is 11.5. The molecule has 0 bridgehead atoms. The van der Waals surface area contributed by atoms with Crippen molar-refractivity contribution in [1.82, 2.24) is 10.3 Å². The van der Waals surface area contributed by atoms with E-state index in [0.29, 0.717) is 11.6 Å². The maximum absolute atomic E-state index is 11.4. The third-order valence-corrected chi connectivity index (χ3v) is 3.88. The van der Waals surface area contributed by atoms with Crippen molar-refractivity contribution >= 4 is 5.91 Å². The molecule has 1 atom stereocenters. The van der Waals surface area contributed by atoms with Gasteiger partial charge in [-0.15, -0.1) is 0 Å². The van der Waals surface area contributed by atoms with Crippen molar-refractivity contribution in [2.24, 2.45) is 5.84 Å². The number of nitrogen functional groups attached to an aromatic ring is 1. The summed E-state index contributed by atoms with van der Waals surface area (Å²) in [6.07, 6.45) is 7.76. The molecule has 0 radical (unpaired) electrons. The number of hydrazine groups is 1. The van der Waals surface area contributed by atoms with Gasteiger partial charge in [0.2, 0.25) is 0 Å². The van der Waals surface area contributed by atoms with E-state index in [1.54, 1.807) is 6.07 Å². The van der Waals surface area contributed by atoms with Crippen molar-refractivity contribution in [1.29, 1.82) is 0 Å². The van der Waals surface area contributed by atoms with Gasteiger partial charge in [-0.1, -0.05) is 19.8 Å². The van der Waals surface area contributed by atoms with Crippen LogP contribution in [0.15, 0.2) is 16.7 Å². The van der Waals surface area contributed by atoms with E-state index in [4.69, 9.17) is 10.3 Å². The van der Waals surface area contributed by atoms with Crippen LogP contribution in [-0.4, -0.2) is 23.4 Å². The number of nitrogens with two attached hydrogens (primary N) is 1. The van der Waals surface area contributed by atoms with Crippen LogP contribution >= 0.6 is 0 Å². The van der Waals surface area contributed by atoms with Crippen LogP contribution in [0.1, 0.15) is 55.1 Å². The van der Waals surface area contributed by atoms with E-state index < -0.39 is 0 Å². The van der Waals surface area contributed by atoms with Gasteiger partial charge in [-0.3, -0.25) is 15.1 Å². The topological polar surface area (TPSA) is 71.5 Å². The van der Waals surface area contributed by atoms with Crippen molar-refractivity contribution in [2.75, 3.05) is 6.54 Å². The van der Waals surface area contributed by atoms with Gasteiger partial charge in [-0.25, -0.2) is 5.84 Å². The van der Waals surface area contributed by atoms with Crippen LogP contribution in [0.4, 0.5) is 0 Å². The standard InChI is InChI=1S/C14H23N3O2/c1-2-12-6-4-3-5-7-17(12)9-13-8-11(10-19-13)14(18)16-15/h8,10,12H,2-7,9,15H2,1H3,(H,16,18). The highest BCUT2D eigenvalue weighted by molar-refractivity contribution is 5.93. The SMILES string of the molecule is CCC1CCCCCN1Cc1cc(C(=O)NN)co1. The first-order chi connectivity index (χ1) is 9.24. The lowest BCUT2D eigenvalue weighted by molar-refractivity contribution is 0.0953. The lowest BCUT2D eigenvalue weighted by Crippen LogP contribution is -2.33. The molecule has 0 spiro atoms. The van der Waals surface area contributed by atoms with E-state index in [2.05, 4.69) is 17.2 Å². The van der Waals surface area contributed by atoms with E-state index in [1.807, 2.05) is 0 Å². The lowest BCUT2D eigenvalue weighted by atomic mass is 10.1. The maximum atomic E-state index is 11.4. The molecule has 5 heteroatoms. The summed E-state index contributed by atoms with van der Waals surface area (Å²) >= 11 is 0. The quantitative estimate of drug-likeness (QED) is 0.496. The number of furan rings is 1. The molecule has 19 heavy (non-hydrogen) atoms. The maximum Gasteiger partial charge on any atom is 0.268 e. The molecule has 0 aromatic carbocycles. The minimum absolute atomic E-state index is 0.307. The fourth-order valence-electron chi connectivity index (χ4n) is 2.77. The van der Waals surface area contributed by atoms with Gasteiger partial charge in [0.25, 0.3) is 5.91 Å². The average Bonchev–Trinajstić information content (AvgIpc) is 2.77. The van der Waals surface area contributed by atoms with Gasteiger partial charge in [0.1, 0.15) is 12.0 Å². The summed E-state index contributed by atoms with van der Waals surface area (Å²) in [6.45, 7) is 4.12. The van der Waals surface area contributed by atoms with Gasteiger partial charge in [-0.05, 0) is 31.9 Å². The van der Waals surface area contributed by atoms with Crippen LogP contribution in [0.2, 0.25) is 0 Å². The van der Waals surface area contributed by atoms with Crippen LogP contribution < -0.4 is 11.3 Å². The van der Waals surface area contributed by atoms with Gasteiger partial charge in [0.15, 0.2) is 0 Å². The summed E-state index contributed by atoms with van der Waals surface area (Å²) in [5.74, 6) is 5.64. The summed E-state index contributed by atoms with van der Waals surface area (Å²) in [4.78, 5) is 13.9. The van der Waals surface area contributed by atoms with Crippen molar-refractivity contribution in [3.63, 3.8) is 0 Å². The molecular weight excluding hydrogens is 242 g/mol. The number of nitrogens with one attached hydrogen (secondary N) is 1. The number of rotatable bonds is 4. The van der Waals surface area contributed by atoms with Crippen molar-refractivity contribution in [2.45, 2.75) is 51.6 Å². The molecule has 2 heterocycles. The zero-order valence-corrected chi connectivity index (χ0v) is 11.5. The molecule has 1 amide bonds. The second-order valence-electron chi connectivity index (χ2n) is 5.16. The van der Waals surface area contributed by atoms with E-state index in [-0.39, 0.29) is 5.91 Å². The number of amides is 1. The van der Waals surface area contributed by atoms with Crippen LogP contribution in [0.3, 0.4) is 0 Å². The normalized spacial score (nSPS) is 21.1. The number of hydrogen-bond acceptors (Lipinski definition) is 4. The summed E-state index contributed by atoms with van der Waals surface area (Å²) in [7, 11) is 0. The number of carbonyl (C=O) groups excluding carboxylic acids is 1. The summed E-state index contributed by atoms with van der Waals surface area (Å²) in [6, 6.07) is 2.40. The van der Waals surface area contributed by atoms with Crippen LogP contribution in [0, 0.1) is 0 Å². The van der Waals surface area contributed by atoms with Gasteiger partial charge in [0, 0.05) is 6.04 Å². The van der Waals surface area contributed by atoms with E-state index in [9.17, 15) is 4.79 Å². The van der Waals surface area contributed by atoms with Crippen molar-refractivity contribution in [3.8, 4) is 0 Å². The smallest absolute Gasteiger partial charge is 0.268 e. The fourth-order valence-corrected chi connectivity index (χ4v) is 2.77. The predicted molar refractivity (Wildman–Crippen MR) is 73.3 cm³/mol. The molecule has 2 rings (SSSR count). The molecule has 1 saturated heterocycles. The minimum Gasteiger partial charge on any atom is -0.467 e. The Labute approximate surface area is 114 Å². The van der Waals surface area contributed by atoms with Gasteiger partial charge < -0.3 is 4.42 Å². The molecule has 1 aliphatic rings. The second kappa shape index (κ2) is 6.73. The highest BCUT2D eigenvalue weighted by Gasteiger charge is 2.21. The molecule has 5 nitrogen and oxygen atoms in total. The van der Waals surface area contributed by atoms with Crippen molar-refractivity contribution < 1.29 is 9.21 Å². The average molecular weight is 265 g/mol. The van der Waals surface area contributed by atoms with Crippen LogP contribution in [0.25, 0.3) is 0 Å². The summed E-state index contributed by atoms with van der Waals surface area (Å²) in [5, 5.41) is 0. The Hall–Kier alpha value is -1.33. The molecule has 1 unspecified atom stereocenters. The zero-order chi connectivity index (χ0) is 13.7. The second-order valence-corrected chi connectivity index (χ2v) is 5.16. The number of likely N-dealkylation sites (tertiary alicyclic amines) is 1. The monoisotopic (exact) mass is 265 g/mol. The molecule has 1 fully saturated rings. The Bertz CT molecular complexity index is 417. The Kier molecular flexibility index (Phi) is 4.99. The minimum atomic E-state index is -0.307. The molecule has 1 aromatic heterocycles. The molecular formula is C14H23N3O2. The van der Waals surface area contributed by atoms with E-state index in [0.717, 1.165) is 25.3 Å². The molecule has 106 valence electrons. The molecule has 0 saturated carbocycles. The molecule has 1 aliphatic heterocycles. The van der Waals surface area contributed by atoms with Gasteiger partial charge >= 0.3 is 0 Å². The molecule has 3 N–H and O–H groups in total. The first-order valence-electron chi connectivity index (χ1n) is 7.07. The van der Waals surface area contributed by atoms with Crippen molar-refractivity contribution in [3.05, 3.63) is 23.7 Å². The molecule has 1 aromatic rings.